The number of nitrogens with zero attached hydrogens (tertiary/aromatic N) is 1. The summed E-state index contributed by atoms with van der Waals surface area (Å²) >= 11 is 5.92. The lowest BCUT2D eigenvalue weighted by Crippen LogP contribution is -2.34. The van der Waals surface area contributed by atoms with Crippen LogP contribution in [0.15, 0.2) is 18.2 Å². The van der Waals surface area contributed by atoms with Gasteiger partial charge in [0.1, 0.15) is 0 Å². The Kier molecular flexibility index (Phi) is 3.57. The molecule has 0 aliphatic carbocycles. The summed E-state index contributed by atoms with van der Waals surface area (Å²) in [5, 5.41) is 8.94. The molecule has 0 radical (unpaired) electrons. The van der Waals surface area contributed by atoms with Gasteiger partial charge in [0, 0.05) is 13.0 Å². The van der Waals surface area contributed by atoms with E-state index in [1.165, 1.54) is 0 Å². The molecule has 0 saturated carbocycles. The smallest absolute Gasteiger partial charge is 0.303 e. The van der Waals surface area contributed by atoms with Crippen molar-refractivity contribution in [3.63, 3.8) is 0 Å². The van der Waals surface area contributed by atoms with Gasteiger partial charge in [-0.15, -0.1) is 0 Å². The minimum absolute atomic E-state index is 0.0783. The van der Waals surface area contributed by atoms with Gasteiger partial charge in [-0.2, -0.15) is 0 Å². The van der Waals surface area contributed by atoms with Crippen molar-refractivity contribution in [2.75, 3.05) is 6.54 Å². The van der Waals surface area contributed by atoms with Gasteiger partial charge >= 0.3 is 5.97 Å². The fraction of sp³-hybridized carbons (Fsp3) is 0.308. The molecular formula is C13H12ClNO4. The first-order valence-corrected chi connectivity index (χ1v) is 6.16. The highest BCUT2D eigenvalue weighted by molar-refractivity contribution is 6.37. The third-order valence-electron chi connectivity index (χ3n) is 2.97. The first kappa shape index (κ1) is 13.5. The topological polar surface area (TPSA) is 74.7 Å². The summed E-state index contributed by atoms with van der Waals surface area (Å²) in [6, 6.07) is 4.70. The number of rotatable bonds is 4. The van der Waals surface area contributed by atoms with E-state index in [0.717, 1.165) is 4.90 Å². The van der Waals surface area contributed by atoms with Crippen LogP contribution in [-0.4, -0.2) is 34.3 Å². The molecule has 2 rings (SSSR count). The Bertz CT molecular complexity index is 570. The second-order valence-electron chi connectivity index (χ2n) is 4.59. The van der Waals surface area contributed by atoms with E-state index in [4.69, 9.17) is 16.7 Å². The molecule has 1 N–H and O–H groups in total. The number of amides is 2. The summed E-state index contributed by atoms with van der Waals surface area (Å²) in [4.78, 5) is 35.9. The molecule has 0 fully saturated rings. The molecule has 19 heavy (non-hydrogen) atoms. The van der Waals surface area contributed by atoms with E-state index in [1.807, 2.05) is 0 Å². The van der Waals surface area contributed by atoms with Crippen LogP contribution in [0.3, 0.4) is 0 Å². The zero-order chi connectivity index (χ0) is 14.2. The fourth-order valence-electron chi connectivity index (χ4n) is 2.13. The molecule has 1 aromatic carbocycles. The van der Waals surface area contributed by atoms with Gasteiger partial charge < -0.3 is 5.11 Å². The van der Waals surface area contributed by atoms with Gasteiger partial charge in [-0.25, -0.2) is 0 Å². The maximum atomic E-state index is 12.1. The molecule has 1 atom stereocenters. The Morgan fingerprint density at radius 2 is 2.05 bits per heavy atom. The van der Waals surface area contributed by atoms with E-state index in [0.29, 0.717) is 0 Å². The average Bonchev–Trinajstić information content (AvgIpc) is 2.54. The van der Waals surface area contributed by atoms with Crippen LogP contribution in [-0.2, 0) is 4.79 Å². The second-order valence-corrected chi connectivity index (χ2v) is 4.99. The Morgan fingerprint density at radius 3 is 2.63 bits per heavy atom. The molecule has 6 heteroatoms. The molecule has 2 amide bonds. The summed E-state index contributed by atoms with van der Waals surface area (Å²) in [6.45, 7) is 1.76. The molecule has 1 unspecified atom stereocenters. The largest absolute Gasteiger partial charge is 0.481 e. The van der Waals surface area contributed by atoms with Crippen LogP contribution in [0.25, 0.3) is 0 Å². The number of hydrogen-bond donors (Lipinski definition) is 1. The number of imide groups is 1. The predicted octanol–water partition coefficient (Wildman–Crippen LogP) is 2.05. The minimum atomic E-state index is -0.956. The third kappa shape index (κ3) is 2.46. The summed E-state index contributed by atoms with van der Waals surface area (Å²) in [5.74, 6) is -2.14. The second kappa shape index (κ2) is 5.01. The standard InChI is InChI=1S/C13H12ClNO4/c1-7(5-10(16)17)6-15-12(18)8-3-2-4-9(14)11(8)13(15)19/h2-4,7H,5-6H2,1H3,(H,16,17). The average molecular weight is 282 g/mol. The number of aliphatic carboxylic acids is 1. The lowest BCUT2D eigenvalue weighted by atomic mass is 10.1. The van der Waals surface area contributed by atoms with Crippen LogP contribution in [0.4, 0.5) is 0 Å². The van der Waals surface area contributed by atoms with E-state index >= 15 is 0 Å². The monoisotopic (exact) mass is 281 g/mol. The molecule has 1 aliphatic heterocycles. The number of carboxylic acid groups (broad SMARTS) is 1. The van der Waals surface area contributed by atoms with Crippen LogP contribution in [0.1, 0.15) is 34.1 Å². The number of halogens is 1. The Hall–Kier alpha value is -1.88. The summed E-state index contributed by atoms with van der Waals surface area (Å²) in [7, 11) is 0. The van der Waals surface area contributed by atoms with Crippen LogP contribution in [0.2, 0.25) is 5.02 Å². The normalized spacial score (nSPS) is 15.6. The molecule has 5 nitrogen and oxygen atoms in total. The third-order valence-corrected chi connectivity index (χ3v) is 3.28. The first-order chi connectivity index (χ1) is 8.91. The highest BCUT2D eigenvalue weighted by Crippen LogP contribution is 2.29. The van der Waals surface area contributed by atoms with E-state index in [2.05, 4.69) is 0 Å². The molecule has 0 spiro atoms. The van der Waals surface area contributed by atoms with Gasteiger partial charge in [0.05, 0.1) is 16.1 Å². The number of hydrogen-bond acceptors (Lipinski definition) is 3. The summed E-state index contributed by atoms with van der Waals surface area (Å²) in [5.41, 5.74) is 0.483. The minimum Gasteiger partial charge on any atom is -0.481 e. The molecule has 1 aromatic rings. The van der Waals surface area contributed by atoms with Gasteiger partial charge in [-0.3, -0.25) is 19.3 Å². The van der Waals surface area contributed by atoms with Crippen LogP contribution < -0.4 is 0 Å². The van der Waals surface area contributed by atoms with Crippen molar-refractivity contribution in [3.8, 4) is 0 Å². The molecule has 1 heterocycles. The van der Waals surface area contributed by atoms with Crippen molar-refractivity contribution in [2.45, 2.75) is 13.3 Å². The van der Waals surface area contributed by atoms with E-state index in [9.17, 15) is 14.4 Å². The maximum absolute atomic E-state index is 12.1. The van der Waals surface area contributed by atoms with Crippen molar-refractivity contribution in [2.24, 2.45) is 5.92 Å². The van der Waals surface area contributed by atoms with E-state index < -0.39 is 17.8 Å². The summed E-state index contributed by atoms with van der Waals surface area (Å²) in [6.07, 6.45) is -0.0961. The molecule has 0 saturated heterocycles. The molecular weight excluding hydrogens is 270 g/mol. The lowest BCUT2D eigenvalue weighted by Gasteiger charge is -2.17. The van der Waals surface area contributed by atoms with Gasteiger partial charge in [0.15, 0.2) is 0 Å². The zero-order valence-corrected chi connectivity index (χ0v) is 11.0. The Labute approximate surface area is 114 Å². The number of benzene rings is 1. The van der Waals surface area contributed by atoms with Crippen molar-refractivity contribution in [3.05, 3.63) is 34.3 Å². The van der Waals surface area contributed by atoms with Crippen LogP contribution in [0.5, 0.6) is 0 Å². The van der Waals surface area contributed by atoms with Crippen molar-refractivity contribution >= 4 is 29.4 Å². The molecule has 100 valence electrons. The van der Waals surface area contributed by atoms with Gasteiger partial charge in [0.2, 0.25) is 0 Å². The fourth-order valence-corrected chi connectivity index (χ4v) is 2.39. The highest BCUT2D eigenvalue weighted by atomic mass is 35.5. The zero-order valence-electron chi connectivity index (χ0n) is 10.2. The van der Waals surface area contributed by atoms with E-state index in [1.54, 1.807) is 25.1 Å². The maximum Gasteiger partial charge on any atom is 0.303 e. The number of carbonyl (C=O) groups excluding carboxylic acids is 2. The van der Waals surface area contributed by atoms with Crippen molar-refractivity contribution < 1.29 is 19.5 Å². The van der Waals surface area contributed by atoms with Crippen molar-refractivity contribution in [1.29, 1.82) is 0 Å². The molecule has 1 aliphatic rings. The SMILES string of the molecule is CC(CC(=O)O)CN1C(=O)c2cccc(Cl)c2C1=O. The first-order valence-electron chi connectivity index (χ1n) is 5.78. The van der Waals surface area contributed by atoms with Gasteiger partial charge in [0.25, 0.3) is 11.8 Å². The quantitative estimate of drug-likeness (QED) is 0.857. The van der Waals surface area contributed by atoms with Crippen molar-refractivity contribution in [1.82, 2.24) is 4.90 Å². The predicted molar refractivity (Wildman–Crippen MR) is 68.2 cm³/mol. The van der Waals surface area contributed by atoms with Crippen LogP contribution >= 0.6 is 11.6 Å². The Morgan fingerprint density at radius 1 is 1.37 bits per heavy atom. The van der Waals surface area contributed by atoms with E-state index in [-0.39, 0.29) is 35.0 Å². The molecule has 0 bridgehead atoms. The summed E-state index contributed by atoms with van der Waals surface area (Å²) < 4.78 is 0. The number of carboxylic acids is 1. The highest BCUT2D eigenvalue weighted by Gasteiger charge is 2.37. The molecule has 0 aromatic heterocycles. The number of carbonyl (C=O) groups is 3. The van der Waals surface area contributed by atoms with Crippen LogP contribution in [0, 0.1) is 5.92 Å². The number of fused-ring (bicyclic) bond motifs is 1. The Balaban J connectivity index is 2.23. The van der Waals surface area contributed by atoms with Gasteiger partial charge in [-0.1, -0.05) is 24.6 Å². The van der Waals surface area contributed by atoms with Gasteiger partial charge in [-0.05, 0) is 18.1 Å². The lowest BCUT2D eigenvalue weighted by molar-refractivity contribution is -0.138.